The molecule has 1 aromatic rings. The molecule has 0 spiro atoms. The van der Waals surface area contributed by atoms with Gasteiger partial charge in [-0.25, -0.2) is 13.4 Å². The normalized spacial score (nSPS) is 17.5. The van der Waals surface area contributed by atoms with Gasteiger partial charge in [-0.2, -0.15) is 4.31 Å². The summed E-state index contributed by atoms with van der Waals surface area (Å²) in [5, 5.41) is 6.44. The van der Waals surface area contributed by atoms with Crippen molar-refractivity contribution in [1.29, 1.82) is 0 Å². The molecule has 0 saturated carbocycles. The number of benzene rings is 1. The third-order valence-corrected chi connectivity index (χ3v) is 6.23. The quantitative estimate of drug-likeness (QED) is 0.570. The fourth-order valence-electron chi connectivity index (χ4n) is 2.81. The van der Waals surface area contributed by atoms with Crippen molar-refractivity contribution in [3.8, 4) is 0 Å². The molecule has 1 heterocycles. The van der Waals surface area contributed by atoms with Crippen LogP contribution in [0.15, 0.2) is 34.2 Å². The first-order valence-corrected chi connectivity index (χ1v) is 10.6. The van der Waals surface area contributed by atoms with Gasteiger partial charge in [0.15, 0.2) is 5.96 Å². The maximum atomic E-state index is 13.1. The lowest BCUT2D eigenvalue weighted by Gasteiger charge is -2.32. The lowest BCUT2D eigenvalue weighted by Crippen LogP contribution is -2.47. The summed E-state index contributed by atoms with van der Waals surface area (Å²) < 4.78 is 27.8. The predicted molar refractivity (Wildman–Crippen MR) is 106 cm³/mol. The first kappa shape index (κ1) is 20.7. The van der Waals surface area contributed by atoms with Crippen molar-refractivity contribution in [3.05, 3.63) is 29.8 Å². The van der Waals surface area contributed by atoms with Crippen molar-refractivity contribution in [1.82, 2.24) is 19.8 Å². The Kier molecular flexibility index (Phi) is 7.43. The molecule has 0 radical (unpaired) electrons. The largest absolute Gasteiger partial charge is 0.357 e. The monoisotopic (exact) mass is 381 g/mol. The van der Waals surface area contributed by atoms with E-state index in [-0.39, 0.29) is 6.04 Å². The molecule has 2 N–H and O–H groups in total. The van der Waals surface area contributed by atoms with Crippen molar-refractivity contribution >= 4 is 16.0 Å². The van der Waals surface area contributed by atoms with Crippen LogP contribution >= 0.6 is 0 Å². The minimum absolute atomic E-state index is 0.247. The minimum Gasteiger partial charge on any atom is -0.357 e. The smallest absolute Gasteiger partial charge is 0.243 e. The van der Waals surface area contributed by atoms with Gasteiger partial charge in [0.25, 0.3) is 0 Å². The fraction of sp³-hybridized carbons (Fsp3) is 0.611. The van der Waals surface area contributed by atoms with Crippen LogP contribution in [0, 0.1) is 0 Å². The summed E-state index contributed by atoms with van der Waals surface area (Å²) in [4.78, 5) is 7.06. The first-order chi connectivity index (χ1) is 12.3. The standard InChI is InChI=1S/C18H31N5O2S/c1-5-19-18(21-15(2)3)20-14-16-8-6-7-9-17(16)26(24,25)23-12-10-22(4)11-13-23/h6-9,15H,5,10-14H2,1-4H3,(H2,19,20,21). The molecule has 7 nitrogen and oxygen atoms in total. The van der Waals surface area contributed by atoms with Crippen LogP contribution in [0.4, 0.5) is 0 Å². The lowest BCUT2D eigenvalue weighted by atomic mass is 10.2. The third kappa shape index (κ3) is 5.43. The molecule has 146 valence electrons. The SMILES string of the molecule is CCNC(=NCc1ccccc1S(=O)(=O)N1CCN(C)CC1)NC(C)C. The van der Waals surface area contributed by atoms with Crippen molar-refractivity contribution in [2.24, 2.45) is 4.99 Å². The molecule has 1 aliphatic rings. The van der Waals surface area contributed by atoms with Crippen molar-refractivity contribution in [2.45, 2.75) is 38.3 Å². The van der Waals surface area contributed by atoms with E-state index in [1.165, 1.54) is 0 Å². The number of aliphatic imine (C=N–C) groups is 1. The fourth-order valence-corrected chi connectivity index (χ4v) is 4.45. The van der Waals surface area contributed by atoms with Crippen LogP contribution in [0.3, 0.4) is 0 Å². The van der Waals surface area contributed by atoms with Gasteiger partial charge in [0.05, 0.1) is 11.4 Å². The number of piperazine rings is 1. The van der Waals surface area contributed by atoms with Crippen molar-refractivity contribution in [3.63, 3.8) is 0 Å². The molecule has 0 aliphatic carbocycles. The van der Waals surface area contributed by atoms with E-state index in [1.807, 2.05) is 40.0 Å². The highest BCUT2D eigenvalue weighted by molar-refractivity contribution is 7.89. The summed E-state index contributed by atoms with van der Waals surface area (Å²) in [6.45, 7) is 9.69. The highest BCUT2D eigenvalue weighted by atomic mass is 32.2. The first-order valence-electron chi connectivity index (χ1n) is 9.16. The van der Waals surface area contributed by atoms with Crippen molar-refractivity contribution < 1.29 is 8.42 Å². The summed E-state index contributed by atoms with van der Waals surface area (Å²) in [5.74, 6) is 0.689. The number of nitrogens with zero attached hydrogens (tertiary/aromatic N) is 3. The summed E-state index contributed by atoms with van der Waals surface area (Å²) in [6.07, 6.45) is 0. The third-order valence-electron chi connectivity index (χ3n) is 4.23. The van der Waals surface area contributed by atoms with E-state index in [4.69, 9.17) is 0 Å². The van der Waals surface area contributed by atoms with E-state index in [1.54, 1.807) is 16.4 Å². The van der Waals surface area contributed by atoms with Crippen molar-refractivity contribution in [2.75, 3.05) is 39.8 Å². The number of sulfonamides is 1. The zero-order valence-corrected chi connectivity index (χ0v) is 17.0. The molecule has 1 aliphatic heterocycles. The molecule has 1 aromatic carbocycles. The lowest BCUT2D eigenvalue weighted by molar-refractivity contribution is 0.222. The Bertz CT molecular complexity index is 710. The maximum absolute atomic E-state index is 13.1. The Morgan fingerprint density at radius 1 is 1.19 bits per heavy atom. The Morgan fingerprint density at radius 3 is 2.46 bits per heavy atom. The van der Waals surface area contributed by atoms with E-state index in [0.717, 1.165) is 19.6 Å². The molecule has 0 unspecified atom stereocenters. The highest BCUT2D eigenvalue weighted by Crippen LogP contribution is 2.22. The number of guanidine groups is 1. The van der Waals surface area contributed by atoms with E-state index in [2.05, 4.69) is 20.5 Å². The van der Waals surface area contributed by atoms with Gasteiger partial charge in [0.1, 0.15) is 0 Å². The maximum Gasteiger partial charge on any atom is 0.243 e. The molecular formula is C18H31N5O2S. The van der Waals surface area contributed by atoms with Gasteiger partial charge in [-0.3, -0.25) is 0 Å². The van der Waals surface area contributed by atoms with Gasteiger partial charge >= 0.3 is 0 Å². The topological polar surface area (TPSA) is 77.0 Å². The molecule has 0 atom stereocenters. The number of likely N-dealkylation sites (N-methyl/N-ethyl adjacent to an activating group) is 1. The van der Waals surface area contributed by atoms with Gasteiger partial charge in [-0.05, 0) is 39.4 Å². The number of rotatable bonds is 6. The van der Waals surface area contributed by atoms with Gasteiger partial charge < -0.3 is 15.5 Å². The van der Waals surface area contributed by atoms with Crippen LogP contribution in [0.5, 0.6) is 0 Å². The Balaban J connectivity index is 2.24. The molecule has 0 bridgehead atoms. The Hall–Kier alpha value is -1.64. The molecule has 0 amide bonds. The zero-order valence-electron chi connectivity index (χ0n) is 16.2. The van der Waals surface area contributed by atoms with E-state index >= 15 is 0 Å². The van der Waals surface area contributed by atoms with Crippen LogP contribution in [0.1, 0.15) is 26.3 Å². The Labute approximate surface area is 157 Å². The van der Waals surface area contributed by atoms with E-state index in [9.17, 15) is 8.42 Å². The number of hydrogen-bond donors (Lipinski definition) is 2. The zero-order chi connectivity index (χ0) is 19.2. The van der Waals surface area contributed by atoms with Crippen LogP contribution in [0.2, 0.25) is 0 Å². The highest BCUT2D eigenvalue weighted by Gasteiger charge is 2.29. The van der Waals surface area contributed by atoms with E-state index in [0.29, 0.717) is 36.1 Å². The summed E-state index contributed by atoms with van der Waals surface area (Å²) in [7, 11) is -1.49. The average Bonchev–Trinajstić information content (AvgIpc) is 2.60. The van der Waals surface area contributed by atoms with Gasteiger partial charge in [0, 0.05) is 38.8 Å². The van der Waals surface area contributed by atoms with Gasteiger partial charge in [-0.1, -0.05) is 18.2 Å². The second kappa shape index (κ2) is 9.34. The number of hydrogen-bond acceptors (Lipinski definition) is 4. The van der Waals surface area contributed by atoms with Crippen LogP contribution < -0.4 is 10.6 Å². The molecule has 2 rings (SSSR count). The Morgan fingerprint density at radius 2 is 1.85 bits per heavy atom. The predicted octanol–water partition coefficient (Wildman–Crippen LogP) is 1.09. The average molecular weight is 382 g/mol. The molecule has 1 fully saturated rings. The molecular weight excluding hydrogens is 350 g/mol. The molecule has 0 aromatic heterocycles. The summed E-state index contributed by atoms with van der Waals surface area (Å²) in [5.41, 5.74) is 0.715. The van der Waals surface area contributed by atoms with Crippen LogP contribution in [-0.2, 0) is 16.6 Å². The van der Waals surface area contributed by atoms with E-state index < -0.39 is 10.0 Å². The van der Waals surface area contributed by atoms with Gasteiger partial charge in [0.2, 0.25) is 10.0 Å². The number of nitrogens with one attached hydrogen (secondary N) is 2. The van der Waals surface area contributed by atoms with Crippen LogP contribution in [0.25, 0.3) is 0 Å². The van der Waals surface area contributed by atoms with Crippen LogP contribution in [-0.4, -0.2) is 69.4 Å². The second-order valence-electron chi connectivity index (χ2n) is 6.81. The molecule has 8 heteroatoms. The summed E-state index contributed by atoms with van der Waals surface area (Å²) in [6, 6.07) is 7.40. The molecule has 1 saturated heterocycles. The minimum atomic E-state index is -3.50. The van der Waals surface area contributed by atoms with Gasteiger partial charge in [-0.15, -0.1) is 0 Å². The summed E-state index contributed by atoms with van der Waals surface area (Å²) >= 11 is 0. The second-order valence-corrected chi connectivity index (χ2v) is 8.72. The molecule has 26 heavy (non-hydrogen) atoms.